The maximum Gasteiger partial charge on any atom is 0.421 e. The topological polar surface area (TPSA) is 67.4 Å². The third kappa shape index (κ3) is 6.65. The van der Waals surface area contributed by atoms with E-state index in [-0.39, 0.29) is 24.5 Å². The highest BCUT2D eigenvalue weighted by molar-refractivity contribution is 5.82. The van der Waals surface area contributed by atoms with Crippen LogP contribution < -0.4 is 10.1 Å². The minimum Gasteiger partial charge on any atom is -0.476 e. The number of aromatic nitrogens is 2. The van der Waals surface area contributed by atoms with Crippen molar-refractivity contribution < 1.29 is 22.7 Å². The fourth-order valence-corrected chi connectivity index (χ4v) is 4.44. The minimum atomic E-state index is -4.60. The van der Waals surface area contributed by atoms with Gasteiger partial charge in [-0.2, -0.15) is 13.2 Å². The number of nitrogens with zero attached hydrogens (tertiary/aromatic N) is 3. The molecule has 0 bridgehead atoms. The zero-order chi connectivity index (χ0) is 26.6. The van der Waals surface area contributed by atoms with Crippen LogP contribution in [0.5, 0.6) is 5.88 Å². The lowest BCUT2D eigenvalue weighted by Crippen LogP contribution is -2.48. The van der Waals surface area contributed by atoms with E-state index in [0.29, 0.717) is 6.54 Å². The van der Waals surface area contributed by atoms with Crippen LogP contribution in [0.4, 0.5) is 13.2 Å². The molecule has 0 saturated carbocycles. The number of carbonyl (C=O) groups excluding carboxylic acids is 1. The molecule has 4 rings (SSSR count). The number of rotatable bonds is 8. The number of halogens is 3. The Labute approximate surface area is 214 Å². The quantitative estimate of drug-likeness (QED) is 0.461. The number of hydrogen-bond donors (Lipinski definition) is 1. The number of pyridine rings is 2. The van der Waals surface area contributed by atoms with Gasteiger partial charge >= 0.3 is 6.18 Å². The number of carbonyl (C=O) groups is 1. The summed E-state index contributed by atoms with van der Waals surface area (Å²) in [5, 5.41) is 3.15. The van der Waals surface area contributed by atoms with E-state index in [9.17, 15) is 18.0 Å². The average Bonchev–Trinajstić information content (AvgIpc) is 3.25. The summed E-state index contributed by atoms with van der Waals surface area (Å²) < 4.78 is 45.4. The number of likely N-dealkylation sites (tertiary alicyclic amines) is 1. The molecule has 1 saturated heterocycles. The first-order chi connectivity index (χ1) is 17.5. The molecular weight excluding hydrogens is 481 g/mol. The monoisotopic (exact) mass is 512 g/mol. The lowest BCUT2D eigenvalue weighted by Gasteiger charge is -2.28. The third-order valence-corrected chi connectivity index (χ3v) is 6.58. The van der Waals surface area contributed by atoms with Gasteiger partial charge in [-0.25, -0.2) is 4.98 Å². The zero-order valence-electron chi connectivity index (χ0n) is 21.1. The van der Waals surface area contributed by atoms with Crippen LogP contribution >= 0.6 is 0 Å². The number of ether oxygens (including phenoxy) is 1. The number of benzene rings is 1. The standard InChI is InChI=1S/C28H31F3N4O2/c1-19-11-12-21(14-33-19)22-16-35(15-20-8-5-4-6-9-20)17-24(22)34-26(36)27(2,3)18-37-25-23(28(29,30)31)10-7-13-32-25/h4-14,22,24H,15-18H2,1-3H3,(H,34,36)/t22-,24+/m1/s1. The Morgan fingerprint density at radius 2 is 1.81 bits per heavy atom. The Morgan fingerprint density at radius 3 is 2.49 bits per heavy atom. The van der Waals surface area contributed by atoms with Crippen molar-refractivity contribution in [2.75, 3.05) is 19.7 Å². The summed E-state index contributed by atoms with van der Waals surface area (Å²) in [7, 11) is 0. The van der Waals surface area contributed by atoms with Crippen LogP contribution in [0.3, 0.4) is 0 Å². The molecule has 37 heavy (non-hydrogen) atoms. The summed E-state index contributed by atoms with van der Waals surface area (Å²) in [5.41, 5.74) is 1.06. The molecule has 9 heteroatoms. The Bertz CT molecular complexity index is 1200. The van der Waals surface area contributed by atoms with Crippen molar-refractivity contribution >= 4 is 5.91 Å². The molecule has 1 aliphatic heterocycles. The zero-order valence-corrected chi connectivity index (χ0v) is 21.1. The largest absolute Gasteiger partial charge is 0.476 e. The summed E-state index contributed by atoms with van der Waals surface area (Å²) in [4.78, 5) is 23.8. The molecule has 196 valence electrons. The summed E-state index contributed by atoms with van der Waals surface area (Å²) in [5.74, 6) is -0.812. The summed E-state index contributed by atoms with van der Waals surface area (Å²) in [6.07, 6.45) is -1.52. The van der Waals surface area contributed by atoms with Crippen LogP contribution in [0.15, 0.2) is 67.0 Å². The van der Waals surface area contributed by atoms with Crippen LogP contribution in [0.1, 0.15) is 42.1 Å². The highest BCUT2D eigenvalue weighted by atomic mass is 19.4. The normalized spacial score (nSPS) is 18.5. The van der Waals surface area contributed by atoms with E-state index in [0.717, 1.165) is 30.4 Å². The van der Waals surface area contributed by atoms with Crippen molar-refractivity contribution in [2.45, 2.75) is 45.5 Å². The molecule has 1 aromatic carbocycles. The molecule has 2 aromatic heterocycles. The summed E-state index contributed by atoms with van der Waals surface area (Å²) in [6.45, 7) is 7.09. The van der Waals surface area contributed by atoms with Crippen molar-refractivity contribution in [3.63, 3.8) is 0 Å². The van der Waals surface area contributed by atoms with Gasteiger partial charge in [0.15, 0.2) is 0 Å². The Kier molecular flexibility index (Phi) is 7.82. The Hall–Kier alpha value is -3.46. The second kappa shape index (κ2) is 10.9. The van der Waals surface area contributed by atoms with Crippen molar-refractivity contribution in [3.05, 3.63) is 89.4 Å². The first-order valence-electron chi connectivity index (χ1n) is 12.2. The highest BCUT2D eigenvalue weighted by Gasteiger charge is 2.39. The van der Waals surface area contributed by atoms with Gasteiger partial charge in [0.05, 0.1) is 5.41 Å². The molecule has 0 radical (unpaired) electrons. The van der Waals surface area contributed by atoms with Gasteiger partial charge in [-0.05, 0) is 50.1 Å². The smallest absolute Gasteiger partial charge is 0.421 e. The van der Waals surface area contributed by atoms with E-state index >= 15 is 0 Å². The van der Waals surface area contributed by atoms with Gasteiger partial charge in [-0.1, -0.05) is 36.4 Å². The molecular formula is C28H31F3N4O2. The number of hydrogen-bond acceptors (Lipinski definition) is 5. The van der Waals surface area contributed by atoms with E-state index in [1.54, 1.807) is 13.8 Å². The van der Waals surface area contributed by atoms with Crippen LogP contribution in [-0.2, 0) is 17.5 Å². The van der Waals surface area contributed by atoms with Crippen LogP contribution in [0.2, 0.25) is 0 Å². The van der Waals surface area contributed by atoms with Gasteiger partial charge in [0.25, 0.3) is 0 Å². The van der Waals surface area contributed by atoms with Crippen molar-refractivity contribution in [1.29, 1.82) is 0 Å². The number of amides is 1. The molecule has 2 atom stereocenters. The molecule has 0 unspecified atom stereocenters. The second-order valence-electron chi connectivity index (χ2n) is 10.1. The maximum absolute atomic E-state index is 13.4. The second-order valence-corrected chi connectivity index (χ2v) is 10.1. The third-order valence-electron chi connectivity index (χ3n) is 6.58. The number of alkyl halides is 3. The predicted molar refractivity (Wildman–Crippen MR) is 134 cm³/mol. The van der Waals surface area contributed by atoms with Gasteiger partial charge in [-0.3, -0.25) is 14.7 Å². The first kappa shape index (κ1) is 26.6. The van der Waals surface area contributed by atoms with Gasteiger partial charge in [0.2, 0.25) is 11.8 Å². The van der Waals surface area contributed by atoms with Gasteiger partial charge in [0.1, 0.15) is 12.2 Å². The van der Waals surface area contributed by atoms with Gasteiger partial charge < -0.3 is 10.1 Å². The molecule has 1 fully saturated rings. The van der Waals surface area contributed by atoms with E-state index in [2.05, 4.69) is 32.3 Å². The first-order valence-corrected chi connectivity index (χ1v) is 12.2. The number of aryl methyl sites for hydroxylation is 1. The van der Waals surface area contributed by atoms with Crippen LogP contribution in [0.25, 0.3) is 0 Å². The molecule has 3 aromatic rings. The lowest BCUT2D eigenvalue weighted by molar-refractivity contribution is -0.139. The molecule has 1 aliphatic rings. The molecule has 0 spiro atoms. The van der Waals surface area contributed by atoms with Crippen molar-refractivity contribution in [3.8, 4) is 5.88 Å². The van der Waals surface area contributed by atoms with E-state index < -0.39 is 23.0 Å². The molecule has 3 heterocycles. The van der Waals surface area contributed by atoms with E-state index in [1.807, 2.05) is 43.5 Å². The maximum atomic E-state index is 13.4. The lowest BCUT2D eigenvalue weighted by atomic mass is 9.90. The molecule has 0 aliphatic carbocycles. The van der Waals surface area contributed by atoms with E-state index in [1.165, 1.54) is 17.8 Å². The SMILES string of the molecule is Cc1ccc([C@H]2CN(Cc3ccccc3)C[C@@H]2NC(=O)C(C)(C)COc2ncccc2C(F)(F)F)cn1. The number of nitrogens with one attached hydrogen (secondary N) is 1. The van der Waals surface area contributed by atoms with Gasteiger partial charge in [-0.15, -0.1) is 0 Å². The molecule has 6 nitrogen and oxygen atoms in total. The Morgan fingerprint density at radius 1 is 1.05 bits per heavy atom. The van der Waals surface area contributed by atoms with Gasteiger partial charge in [0, 0.05) is 49.7 Å². The van der Waals surface area contributed by atoms with Crippen molar-refractivity contribution in [2.24, 2.45) is 5.41 Å². The van der Waals surface area contributed by atoms with Crippen LogP contribution in [-0.4, -0.2) is 46.5 Å². The van der Waals surface area contributed by atoms with Crippen molar-refractivity contribution in [1.82, 2.24) is 20.2 Å². The van der Waals surface area contributed by atoms with Crippen LogP contribution in [0, 0.1) is 12.3 Å². The summed E-state index contributed by atoms with van der Waals surface area (Å²) >= 11 is 0. The highest BCUT2D eigenvalue weighted by Crippen LogP contribution is 2.35. The molecule has 1 amide bonds. The van der Waals surface area contributed by atoms with E-state index in [4.69, 9.17) is 4.74 Å². The summed E-state index contributed by atoms with van der Waals surface area (Å²) in [6, 6.07) is 16.0. The Balaban J connectivity index is 1.47. The molecule has 1 N–H and O–H groups in total. The fourth-order valence-electron chi connectivity index (χ4n) is 4.44. The predicted octanol–water partition coefficient (Wildman–Crippen LogP) is 4.99. The fraction of sp³-hybridized carbons (Fsp3) is 0.393. The average molecular weight is 513 g/mol. The minimum absolute atomic E-state index is 0.0186.